The molecule has 0 spiro atoms. The lowest BCUT2D eigenvalue weighted by atomic mass is 10.2. The Morgan fingerprint density at radius 2 is 2.33 bits per heavy atom. The van der Waals surface area contributed by atoms with Crippen LogP contribution in [0.1, 0.15) is 23.2 Å². The van der Waals surface area contributed by atoms with E-state index in [2.05, 4.69) is 11.9 Å². The number of methoxy groups -OCH3 is 1. The van der Waals surface area contributed by atoms with E-state index in [1.807, 2.05) is 0 Å². The summed E-state index contributed by atoms with van der Waals surface area (Å²) in [5.41, 5.74) is 0.537. The van der Waals surface area contributed by atoms with Crippen LogP contribution in [0.25, 0.3) is 0 Å². The molecule has 4 nitrogen and oxygen atoms in total. The van der Waals surface area contributed by atoms with Crippen molar-refractivity contribution in [2.75, 3.05) is 27.3 Å². The van der Waals surface area contributed by atoms with Crippen LogP contribution in [0.15, 0.2) is 18.2 Å². The van der Waals surface area contributed by atoms with Crippen molar-refractivity contribution in [3.05, 3.63) is 23.8 Å². The highest BCUT2D eigenvalue weighted by molar-refractivity contribution is 5.81. The number of likely N-dealkylation sites (tertiary alicyclic amines) is 1. The molecule has 0 saturated carbocycles. The van der Waals surface area contributed by atoms with E-state index >= 15 is 0 Å². The molecule has 0 aliphatic carbocycles. The largest absolute Gasteiger partial charge is 0.493 e. The number of aldehydes is 1. The molecule has 1 aromatic rings. The number of carbonyl (C=O) groups excluding carboxylic acids is 1. The van der Waals surface area contributed by atoms with E-state index in [1.165, 1.54) is 6.42 Å². The molecule has 1 aromatic carbocycles. The van der Waals surface area contributed by atoms with Crippen LogP contribution in [0.3, 0.4) is 0 Å². The fourth-order valence-corrected chi connectivity index (χ4v) is 2.31. The Labute approximate surface area is 107 Å². The van der Waals surface area contributed by atoms with Crippen molar-refractivity contribution in [3.8, 4) is 11.5 Å². The molecule has 0 radical (unpaired) electrons. The summed E-state index contributed by atoms with van der Waals surface area (Å²) in [4.78, 5) is 13.3. The van der Waals surface area contributed by atoms with Gasteiger partial charge in [0.25, 0.3) is 0 Å². The highest BCUT2D eigenvalue weighted by Crippen LogP contribution is 2.30. The smallest absolute Gasteiger partial charge is 0.171 e. The van der Waals surface area contributed by atoms with E-state index in [9.17, 15) is 4.79 Å². The standard InChI is InChI=1S/C14H19NO3/c1-15-8-4-6-12(15)10-18-14-11(9-16)5-3-7-13(14)17-2/h3,5,7,9,12H,4,6,8,10H2,1-2H3. The summed E-state index contributed by atoms with van der Waals surface area (Å²) in [6.45, 7) is 1.71. The SMILES string of the molecule is COc1cccc(C=O)c1OCC1CCCN1C. The first-order chi connectivity index (χ1) is 8.76. The minimum Gasteiger partial charge on any atom is -0.493 e. The average molecular weight is 249 g/mol. The number of benzene rings is 1. The summed E-state index contributed by atoms with van der Waals surface area (Å²) < 4.78 is 11.0. The van der Waals surface area contributed by atoms with Gasteiger partial charge in [-0.1, -0.05) is 6.07 Å². The lowest BCUT2D eigenvalue weighted by molar-refractivity contribution is 0.111. The minimum atomic E-state index is 0.425. The minimum absolute atomic E-state index is 0.425. The van der Waals surface area contributed by atoms with Crippen molar-refractivity contribution in [2.24, 2.45) is 0 Å². The van der Waals surface area contributed by atoms with Crippen molar-refractivity contribution >= 4 is 6.29 Å². The molecule has 1 aliphatic rings. The molecule has 1 heterocycles. The van der Waals surface area contributed by atoms with Gasteiger partial charge in [0.2, 0.25) is 0 Å². The maximum Gasteiger partial charge on any atom is 0.171 e. The molecule has 1 saturated heterocycles. The molecule has 18 heavy (non-hydrogen) atoms. The number of nitrogens with zero attached hydrogens (tertiary/aromatic N) is 1. The third kappa shape index (κ3) is 2.64. The van der Waals surface area contributed by atoms with Crippen LogP contribution in [0, 0.1) is 0 Å². The number of carbonyl (C=O) groups is 1. The van der Waals surface area contributed by atoms with E-state index in [4.69, 9.17) is 9.47 Å². The zero-order valence-electron chi connectivity index (χ0n) is 10.9. The first-order valence-electron chi connectivity index (χ1n) is 6.21. The van der Waals surface area contributed by atoms with Gasteiger partial charge in [0.15, 0.2) is 17.8 Å². The van der Waals surface area contributed by atoms with Gasteiger partial charge in [-0.2, -0.15) is 0 Å². The van der Waals surface area contributed by atoms with Gasteiger partial charge < -0.3 is 14.4 Å². The number of rotatable bonds is 5. The predicted octanol–water partition coefficient (Wildman–Crippen LogP) is 1.98. The molecule has 1 unspecified atom stereocenters. The van der Waals surface area contributed by atoms with Crippen LogP contribution >= 0.6 is 0 Å². The Balaban J connectivity index is 2.10. The van der Waals surface area contributed by atoms with Gasteiger partial charge in [-0.3, -0.25) is 4.79 Å². The van der Waals surface area contributed by atoms with Crippen LogP contribution in [-0.4, -0.2) is 44.5 Å². The fourth-order valence-electron chi connectivity index (χ4n) is 2.31. The molecule has 0 aromatic heterocycles. The Bertz CT molecular complexity index is 420. The first-order valence-corrected chi connectivity index (χ1v) is 6.21. The Morgan fingerprint density at radius 3 is 2.94 bits per heavy atom. The quantitative estimate of drug-likeness (QED) is 0.748. The highest BCUT2D eigenvalue weighted by atomic mass is 16.5. The van der Waals surface area contributed by atoms with Crippen molar-refractivity contribution in [1.29, 1.82) is 0 Å². The summed E-state index contributed by atoms with van der Waals surface area (Å²) in [6.07, 6.45) is 3.15. The molecule has 1 aliphatic heterocycles. The third-order valence-electron chi connectivity index (χ3n) is 3.45. The van der Waals surface area contributed by atoms with Crippen LogP contribution < -0.4 is 9.47 Å². The molecule has 0 bridgehead atoms. The van der Waals surface area contributed by atoms with E-state index in [0.717, 1.165) is 19.3 Å². The summed E-state index contributed by atoms with van der Waals surface area (Å²) in [5, 5.41) is 0. The number of likely N-dealkylation sites (N-methyl/N-ethyl adjacent to an activating group) is 1. The highest BCUT2D eigenvalue weighted by Gasteiger charge is 2.22. The van der Waals surface area contributed by atoms with Gasteiger partial charge in [0.1, 0.15) is 6.61 Å². The van der Waals surface area contributed by atoms with Gasteiger partial charge in [0, 0.05) is 6.04 Å². The Kier molecular flexibility index (Phi) is 4.20. The predicted molar refractivity (Wildman–Crippen MR) is 69.5 cm³/mol. The molecule has 4 heteroatoms. The van der Waals surface area contributed by atoms with Crippen molar-refractivity contribution in [2.45, 2.75) is 18.9 Å². The number of para-hydroxylation sites is 1. The van der Waals surface area contributed by atoms with Crippen molar-refractivity contribution < 1.29 is 14.3 Å². The first kappa shape index (κ1) is 12.9. The van der Waals surface area contributed by atoms with Crippen molar-refractivity contribution in [3.63, 3.8) is 0 Å². The average Bonchev–Trinajstić information content (AvgIpc) is 2.81. The van der Waals surface area contributed by atoms with Crippen LogP contribution in [-0.2, 0) is 0 Å². The second kappa shape index (κ2) is 5.87. The van der Waals surface area contributed by atoms with Crippen LogP contribution in [0.2, 0.25) is 0 Å². The fraction of sp³-hybridized carbons (Fsp3) is 0.500. The van der Waals surface area contributed by atoms with Gasteiger partial charge in [0.05, 0.1) is 12.7 Å². The normalized spacial score (nSPS) is 19.8. The molecule has 2 rings (SSSR count). The molecule has 1 atom stereocenters. The Morgan fingerprint density at radius 1 is 1.50 bits per heavy atom. The maximum atomic E-state index is 11.0. The lowest BCUT2D eigenvalue weighted by Crippen LogP contribution is -2.30. The molecular weight excluding hydrogens is 230 g/mol. The van der Waals surface area contributed by atoms with E-state index in [-0.39, 0.29) is 0 Å². The lowest BCUT2D eigenvalue weighted by Gasteiger charge is -2.21. The monoisotopic (exact) mass is 249 g/mol. The summed E-state index contributed by atoms with van der Waals surface area (Å²) >= 11 is 0. The van der Waals surface area contributed by atoms with Crippen LogP contribution in [0.5, 0.6) is 11.5 Å². The van der Waals surface area contributed by atoms with Gasteiger partial charge in [-0.15, -0.1) is 0 Å². The molecule has 0 amide bonds. The zero-order valence-corrected chi connectivity index (χ0v) is 10.9. The molecular formula is C14H19NO3. The van der Waals surface area contributed by atoms with E-state index < -0.39 is 0 Å². The van der Waals surface area contributed by atoms with Gasteiger partial charge in [-0.25, -0.2) is 0 Å². The topological polar surface area (TPSA) is 38.8 Å². The van der Waals surface area contributed by atoms with Crippen molar-refractivity contribution in [1.82, 2.24) is 4.90 Å². The zero-order chi connectivity index (χ0) is 13.0. The molecule has 0 N–H and O–H groups in total. The summed E-state index contributed by atoms with van der Waals surface area (Å²) in [7, 11) is 3.68. The maximum absolute atomic E-state index is 11.0. The Hall–Kier alpha value is -1.55. The van der Waals surface area contributed by atoms with E-state index in [1.54, 1.807) is 25.3 Å². The van der Waals surface area contributed by atoms with E-state index in [0.29, 0.717) is 29.7 Å². The van der Waals surface area contributed by atoms with Gasteiger partial charge in [-0.05, 0) is 38.6 Å². The molecule has 98 valence electrons. The molecule has 1 fully saturated rings. The third-order valence-corrected chi connectivity index (χ3v) is 3.45. The second-order valence-electron chi connectivity index (χ2n) is 4.58. The second-order valence-corrected chi connectivity index (χ2v) is 4.58. The number of hydrogen-bond acceptors (Lipinski definition) is 4. The van der Waals surface area contributed by atoms with Gasteiger partial charge >= 0.3 is 0 Å². The van der Waals surface area contributed by atoms with Crippen LogP contribution in [0.4, 0.5) is 0 Å². The summed E-state index contributed by atoms with van der Waals surface area (Å²) in [5.74, 6) is 1.16. The summed E-state index contributed by atoms with van der Waals surface area (Å²) in [6, 6.07) is 5.76. The number of ether oxygens (including phenoxy) is 2. The number of hydrogen-bond donors (Lipinski definition) is 0.